The molecule has 8 heteroatoms. The van der Waals surface area contributed by atoms with E-state index in [1.54, 1.807) is 26.0 Å². The van der Waals surface area contributed by atoms with Gasteiger partial charge in [0.25, 0.3) is 0 Å². The number of para-hydroxylation sites is 1. The SMILES string of the molecule is CC(C)S(=O)(=O)c1ccccc1N=C(N)C(Cl)=C(N)N. The van der Waals surface area contributed by atoms with E-state index >= 15 is 0 Å². The van der Waals surface area contributed by atoms with Crippen LogP contribution in [0.25, 0.3) is 0 Å². The van der Waals surface area contributed by atoms with E-state index in [1.165, 1.54) is 12.1 Å². The van der Waals surface area contributed by atoms with Crippen LogP contribution in [0.5, 0.6) is 0 Å². The normalized spacial score (nSPS) is 12.5. The standard InChI is InChI=1S/C12H17ClN4O2S/c1-7(2)20(18,19)9-6-4-3-5-8(9)17-12(16)10(13)11(14)15/h3-7H,14-15H2,1-2H3,(H2,16,17). The lowest BCUT2D eigenvalue weighted by Gasteiger charge is -2.10. The van der Waals surface area contributed by atoms with Gasteiger partial charge >= 0.3 is 0 Å². The maximum Gasteiger partial charge on any atom is 0.182 e. The molecule has 0 aliphatic heterocycles. The number of hydrogen-bond donors (Lipinski definition) is 3. The molecule has 0 bridgehead atoms. The van der Waals surface area contributed by atoms with Crippen molar-refractivity contribution in [2.24, 2.45) is 22.2 Å². The van der Waals surface area contributed by atoms with Gasteiger partial charge in [-0.15, -0.1) is 0 Å². The number of hydrogen-bond acceptors (Lipinski definition) is 5. The highest BCUT2D eigenvalue weighted by Crippen LogP contribution is 2.27. The minimum absolute atomic E-state index is 0.0815. The maximum absolute atomic E-state index is 12.2. The van der Waals surface area contributed by atoms with Gasteiger partial charge < -0.3 is 17.2 Å². The molecular weight excluding hydrogens is 300 g/mol. The summed E-state index contributed by atoms with van der Waals surface area (Å²) >= 11 is 5.77. The molecule has 0 heterocycles. The fourth-order valence-corrected chi connectivity index (χ4v) is 2.59. The summed E-state index contributed by atoms with van der Waals surface area (Å²) in [5.74, 6) is -0.324. The van der Waals surface area contributed by atoms with E-state index in [-0.39, 0.29) is 27.3 Å². The minimum atomic E-state index is -3.48. The molecule has 0 atom stereocenters. The van der Waals surface area contributed by atoms with Crippen molar-refractivity contribution in [3.05, 3.63) is 35.1 Å². The van der Waals surface area contributed by atoms with Crippen molar-refractivity contribution < 1.29 is 8.42 Å². The van der Waals surface area contributed by atoms with Gasteiger partial charge in [-0.05, 0) is 26.0 Å². The summed E-state index contributed by atoms with van der Waals surface area (Å²) in [4.78, 5) is 4.08. The average molecular weight is 317 g/mol. The summed E-state index contributed by atoms with van der Waals surface area (Å²) in [5, 5.41) is -0.688. The number of rotatable bonds is 4. The highest BCUT2D eigenvalue weighted by molar-refractivity contribution is 7.92. The summed E-state index contributed by atoms with van der Waals surface area (Å²) in [7, 11) is -3.48. The Morgan fingerprint density at radius 1 is 1.20 bits per heavy atom. The van der Waals surface area contributed by atoms with Crippen molar-refractivity contribution in [2.75, 3.05) is 0 Å². The van der Waals surface area contributed by atoms with Gasteiger partial charge in [-0.3, -0.25) is 0 Å². The Balaban J connectivity index is 3.44. The number of nitrogens with two attached hydrogens (primary N) is 3. The van der Waals surface area contributed by atoms with Crippen LogP contribution in [0.3, 0.4) is 0 Å². The lowest BCUT2D eigenvalue weighted by Crippen LogP contribution is -2.20. The lowest BCUT2D eigenvalue weighted by atomic mass is 10.3. The summed E-state index contributed by atoms with van der Waals surface area (Å²) in [5.41, 5.74) is 16.5. The smallest absolute Gasteiger partial charge is 0.182 e. The molecule has 0 saturated heterocycles. The number of amidine groups is 1. The molecule has 0 saturated carbocycles. The molecule has 0 aromatic heterocycles. The van der Waals surface area contributed by atoms with Gasteiger partial charge in [0.1, 0.15) is 16.7 Å². The molecular formula is C12H17ClN4O2S. The first-order chi connectivity index (χ1) is 9.17. The van der Waals surface area contributed by atoms with Crippen LogP contribution in [0.4, 0.5) is 5.69 Å². The Kier molecular flexibility index (Phi) is 5.02. The quantitative estimate of drug-likeness (QED) is 0.568. The zero-order valence-corrected chi connectivity index (χ0v) is 12.7. The fourth-order valence-electron chi connectivity index (χ4n) is 1.37. The van der Waals surface area contributed by atoms with E-state index in [9.17, 15) is 8.42 Å². The van der Waals surface area contributed by atoms with E-state index in [1.807, 2.05) is 0 Å². The highest BCUT2D eigenvalue weighted by Gasteiger charge is 2.22. The molecule has 0 aliphatic carbocycles. The van der Waals surface area contributed by atoms with Gasteiger partial charge in [0.2, 0.25) is 0 Å². The third-order valence-electron chi connectivity index (χ3n) is 2.51. The average Bonchev–Trinajstić information content (AvgIpc) is 2.37. The fraction of sp³-hybridized carbons (Fsp3) is 0.250. The van der Waals surface area contributed by atoms with Crippen LogP contribution in [0, 0.1) is 0 Å². The molecule has 6 N–H and O–H groups in total. The first-order valence-electron chi connectivity index (χ1n) is 5.76. The van der Waals surface area contributed by atoms with Crippen LogP contribution in [-0.4, -0.2) is 19.5 Å². The third-order valence-corrected chi connectivity index (χ3v) is 5.12. The van der Waals surface area contributed by atoms with Crippen molar-refractivity contribution >= 4 is 33.0 Å². The van der Waals surface area contributed by atoms with Gasteiger partial charge in [-0.1, -0.05) is 23.7 Å². The summed E-state index contributed by atoms with van der Waals surface area (Å²) < 4.78 is 24.5. The van der Waals surface area contributed by atoms with Crippen LogP contribution in [0.15, 0.2) is 45.0 Å². The largest absolute Gasteiger partial charge is 0.384 e. The zero-order valence-electron chi connectivity index (χ0n) is 11.2. The monoisotopic (exact) mass is 316 g/mol. The summed E-state index contributed by atoms with van der Waals surface area (Å²) in [6, 6.07) is 6.25. The Labute approximate surface area is 123 Å². The molecule has 6 nitrogen and oxygen atoms in total. The highest BCUT2D eigenvalue weighted by atomic mass is 35.5. The Bertz CT molecular complexity index is 662. The van der Waals surface area contributed by atoms with Crippen molar-refractivity contribution in [2.45, 2.75) is 24.0 Å². The third kappa shape index (κ3) is 3.43. The molecule has 1 aromatic rings. The van der Waals surface area contributed by atoms with Gasteiger partial charge in [-0.25, -0.2) is 13.4 Å². The van der Waals surface area contributed by atoms with Crippen molar-refractivity contribution in [1.82, 2.24) is 0 Å². The van der Waals surface area contributed by atoms with Crippen molar-refractivity contribution in [3.8, 4) is 0 Å². The van der Waals surface area contributed by atoms with Crippen LogP contribution >= 0.6 is 11.6 Å². The summed E-state index contributed by atoms with van der Waals surface area (Å²) in [6.45, 7) is 3.17. The molecule has 0 amide bonds. The van der Waals surface area contributed by atoms with E-state index in [0.29, 0.717) is 0 Å². The minimum Gasteiger partial charge on any atom is -0.384 e. The maximum atomic E-state index is 12.2. The second kappa shape index (κ2) is 6.15. The van der Waals surface area contributed by atoms with Crippen molar-refractivity contribution in [1.29, 1.82) is 0 Å². The molecule has 0 aliphatic rings. The number of benzene rings is 1. The number of sulfone groups is 1. The predicted octanol–water partition coefficient (Wildman–Crippen LogP) is 1.18. The van der Waals surface area contributed by atoms with E-state index in [4.69, 9.17) is 28.8 Å². The van der Waals surface area contributed by atoms with Gasteiger partial charge in [0.15, 0.2) is 9.84 Å². The lowest BCUT2D eigenvalue weighted by molar-refractivity contribution is 0.587. The van der Waals surface area contributed by atoms with Crippen LogP contribution in [-0.2, 0) is 9.84 Å². The van der Waals surface area contributed by atoms with Crippen LogP contribution in [0.2, 0.25) is 0 Å². The number of halogens is 1. The second-order valence-corrected chi connectivity index (χ2v) is 7.18. The first kappa shape index (κ1) is 16.3. The van der Waals surface area contributed by atoms with Crippen LogP contribution < -0.4 is 17.2 Å². The van der Waals surface area contributed by atoms with Crippen LogP contribution in [0.1, 0.15) is 13.8 Å². The molecule has 0 fully saturated rings. The molecule has 0 radical (unpaired) electrons. The Morgan fingerprint density at radius 3 is 2.25 bits per heavy atom. The Morgan fingerprint density at radius 2 is 1.75 bits per heavy atom. The number of aliphatic imine (C=N–C) groups is 1. The first-order valence-corrected chi connectivity index (χ1v) is 7.68. The molecule has 1 rings (SSSR count). The van der Waals surface area contributed by atoms with E-state index < -0.39 is 15.1 Å². The topological polar surface area (TPSA) is 125 Å². The molecule has 0 spiro atoms. The van der Waals surface area contributed by atoms with Crippen molar-refractivity contribution in [3.63, 3.8) is 0 Å². The predicted molar refractivity (Wildman–Crippen MR) is 81.3 cm³/mol. The van der Waals surface area contributed by atoms with Gasteiger partial charge in [0.05, 0.1) is 15.8 Å². The zero-order chi connectivity index (χ0) is 15.5. The Hall–Kier alpha value is -1.73. The second-order valence-electron chi connectivity index (χ2n) is 4.33. The number of nitrogens with zero attached hydrogens (tertiary/aromatic N) is 1. The molecule has 20 heavy (non-hydrogen) atoms. The van der Waals surface area contributed by atoms with Gasteiger partial charge in [0, 0.05) is 0 Å². The molecule has 0 unspecified atom stereocenters. The molecule has 1 aromatic carbocycles. The molecule has 110 valence electrons. The van der Waals surface area contributed by atoms with E-state index in [2.05, 4.69) is 4.99 Å². The van der Waals surface area contributed by atoms with Gasteiger partial charge in [-0.2, -0.15) is 0 Å². The summed E-state index contributed by atoms with van der Waals surface area (Å²) in [6.07, 6.45) is 0. The van der Waals surface area contributed by atoms with E-state index in [0.717, 1.165) is 0 Å².